The number of methoxy groups -OCH3 is 1. The number of carbonyl (C=O) groups excluding carboxylic acids is 1. The molecule has 1 aliphatic rings. The molecule has 4 aromatic rings. The van der Waals surface area contributed by atoms with Crippen molar-refractivity contribution in [3.63, 3.8) is 0 Å². The molecule has 5 rings (SSSR count). The van der Waals surface area contributed by atoms with E-state index in [0.717, 1.165) is 66.2 Å². The maximum Gasteiger partial charge on any atom is 0.256 e. The Kier molecular flexibility index (Phi) is 9.76. The Hall–Kier alpha value is -4.37. The number of hydrogen-bond acceptors (Lipinski definition) is 6. The van der Waals surface area contributed by atoms with Gasteiger partial charge in [-0.25, -0.2) is 4.98 Å². The maximum absolute atomic E-state index is 13.8. The number of carbonyl (C=O) groups is 1. The van der Waals surface area contributed by atoms with E-state index < -0.39 is 0 Å². The molecule has 0 unspecified atom stereocenters. The Bertz CT molecular complexity index is 1720. The highest BCUT2D eigenvalue weighted by Gasteiger charge is 2.23. The SMILES string of the molecule is C.CCN1CCC(=C(C)c2c(C)c(C(=O)NCc3c(OC)cc(C)[nH]c3=O)cc3c(-c4ccnc(NC)c4)ccn23)CC1. The number of amides is 1. The third kappa shape index (κ3) is 6.22. The Morgan fingerprint density at radius 3 is 2.56 bits per heavy atom. The molecule has 228 valence electrons. The molecule has 1 amide bonds. The average molecular weight is 585 g/mol. The molecule has 5 heterocycles. The summed E-state index contributed by atoms with van der Waals surface area (Å²) in [6.07, 6.45) is 5.90. The number of pyridine rings is 3. The van der Waals surface area contributed by atoms with Gasteiger partial charge in [-0.15, -0.1) is 0 Å². The minimum absolute atomic E-state index is 0. The number of aromatic amines is 1. The molecule has 0 saturated carbocycles. The summed E-state index contributed by atoms with van der Waals surface area (Å²) in [5.41, 5.74) is 8.93. The molecule has 9 heteroatoms. The van der Waals surface area contributed by atoms with Crippen molar-refractivity contribution in [1.29, 1.82) is 0 Å². The number of nitrogens with zero attached hydrogens (tertiary/aromatic N) is 3. The van der Waals surface area contributed by atoms with Crippen molar-refractivity contribution in [2.24, 2.45) is 0 Å². The van der Waals surface area contributed by atoms with Crippen LogP contribution in [0.1, 0.15) is 67.0 Å². The van der Waals surface area contributed by atoms with Crippen LogP contribution in [0.2, 0.25) is 0 Å². The minimum Gasteiger partial charge on any atom is -0.496 e. The lowest BCUT2D eigenvalue weighted by Crippen LogP contribution is -2.30. The molecule has 0 spiro atoms. The first-order valence-corrected chi connectivity index (χ1v) is 14.5. The molecule has 4 aromatic heterocycles. The zero-order valence-electron chi connectivity index (χ0n) is 25.4. The number of piperidine rings is 1. The van der Waals surface area contributed by atoms with Crippen molar-refractivity contribution in [3.05, 3.63) is 86.7 Å². The van der Waals surface area contributed by atoms with E-state index in [1.807, 2.05) is 32.2 Å². The van der Waals surface area contributed by atoms with Gasteiger partial charge in [0.15, 0.2) is 0 Å². The molecule has 3 N–H and O–H groups in total. The van der Waals surface area contributed by atoms with E-state index in [0.29, 0.717) is 22.6 Å². The summed E-state index contributed by atoms with van der Waals surface area (Å²) in [7, 11) is 3.37. The molecule has 0 atom stereocenters. The van der Waals surface area contributed by atoms with Crippen LogP contribution in [0.5, 0.6) is 5.75 Å². The van der Waals surface area contributed by atoms with Gasteiger partial charge in [-0.3, -0.25) is 9.59 Å². The topological polar surface area (TPSA) is 104 Å². The van der Waals surface area contributed by atoms with Crippen LogP contribution < -0.4 is 20.9 Å². The van der Waals surface area contributed by atoms with Crippen molar-refractivity contribution >= 4 is 22.8 Å². The predicted molar refractivity (Wildman–Crippen MR) is 175 cm³/mol. The normalized spacial score (nSPS) is 13.5. The minimum atomic E-state index is -0.272. The number of nitrogens with one attached hydrogen (secondary N) is 3. The van der Waals surface area contributed by atoms with Crippen LogP contribution in [-0.2, 0) is 6.54 Å². The van der Waals surface area contributed by atoms with Crippen LogP contribution in [0, 0.1) is 13.8 Å². The van der Waals surface area contributed by atoms with Gasteiger partial charge >= 0.3 is 0 Å². The first-order valence-electron chi connectivity index (χ1n) is 14.5. The molecule has 1 saturated heterocycles. The molecular weight excluding hydrogens is 540 g/mol. The van der Waals surface area contributed by atoms with E-state index in [2.05, 4.69) is 56.0 Å². The summed E-state index contributed by atoms with van der Waals surface area (Å²) >= 11 is 0. The molecule has 43 heavy (non-hydrogen) atoms. The van der Waals surface area contributed by atoms with E-state index >= 15 is 0 Å². The van der Waals surface area contributed by atoms with E-state index in [4.69, 9.17) is 4.74 Å². The Labute approximate surface area is 254 Å². The average Bonchev–Trinajstić information content (AvgIpc) is 3.43. The molecule has 0 aliphatic carbocycles. The zero-order chi connectivity index (χ0) is 30.0. The van der Waals surface area contributed by atoms with Gasteiger partial charge in [0, 0.05) is 49.4 Å². The molecular formula is C34H44N6O3. The lowest BCUT2D eigenvalue weighted by atomic mass is 9.92. The van der Waals surface area contributed by atoms with Gasteiger partial charge in [-0.2, -0.15) is 0 Å². The molecule has 0 radical (unpaired) electrons. The first-order chi connectivity index (χ1) is 20.2. The van der Waals surface area contributed by atoms with Gasteiger partial charge in [0.2, 0.25) is 0 Å². The quantitative estimate of drug-likeness (QED) is 0.241. The number of allylic oxidation sites excluding steroid dienone is 1. The van der Waals surface area contributed by atoms with E-state index in [-0.39, 0.29) is 25.4 Å². The Morgan fingerprint density at radius 2 is 1.88 bits per heavy atom. The fraction of sp³-hybridized carbons (Fsp3) is 0.382. The number of hydrogen-bond donors (Lipinski definition) is 3. The third-order valence-electron chi connectivity index (χ3n) is 8.45. The van der Waals surface area contributed by atoms with Crippen molar-refractivity contribution in [1.82, 2.24) is 24.6 Å². The van der Waals surface area contributed by atoms with Gasteiger partial charge < -0.3 is 29.7 Å². The largest absolute Gasteiger partial charge is 0.496 e. The first kappa shape index (κ1) is 31.6. The number of H-pyrrole nitrogens is 1. The van der Waals surface area contributed by atoms with Crippen molar-refractivity contribution in [2.45, 2.75) is 54.5 Å². The number of rotatable bonds is 8. The fourth-order valence-corrected chi connectivity index (χ4v) is 6.00. The summed E-state index contributed by atoms with van der Waals surface area (Å²) in [5, 5.41) is 6.11. The van der Waals surface area contributed by atoms with Crippen LogP contribution in [0.15, 0.2) is 53.1 Å². The number of aromatic nitrogens is 3. The molecule has 0 aromatic carbocycles. The second-order valence-corrected chi connectivity index (χ2v) is 10.9. The monoisotopic (exact) mass is 584 g/mol. The fourth-order valence-electron chi connectivity index (χ4n) is 6.00. The van der Waals surface area contributed by atoms with Gasteiger partial charge in [-0.1, -0.05) is 19.9 Å². The summed E-state index contributed by atoms with van der Waals surface area (Å²) in [5.74, 6) is 0.986. The van der Waals surface area contributed by atoms with Crippen LogP contribution >= 0.6 is 0 Å². The summed E-state index contributed by atoms with van der Waals surface area (Å²) < 4.78 is 7.65. The zero-order valence-corrected chi connectivity index (χ0v) is 25.4. The number of ether oxygens (including phenoxy) is 1. The number of aryl methyl sites for hydroxylation is 1. The van der Waals surface area contributed by atoms with E-state index in [9.17, 15) is 9.59 Å². The highest BCUT2D eigenvalue weighted by atomic mass is 16.5. The number of likely N-dealkylation sites (tertiary alicyclic amines) is 1. The van der Waals surface area contributed by atoms with E-state index in [1.165, 1.54) is 18.3 Å². The third-order valence-corrected chi connectivity index (χ3v) is 8.45. The molecule has 0 bridgehead atoms. The van der Waals surface area contributed by atoms with Crippen LogP contribution in [-0.4, -0.2) is 59.0 Å². The lowest BCUT2D eigenvalue weighted by Gasteiger charge is -2.29. The van der Waals surface area contributed by atoms with Crippen molar-refractivity contribution in [3.8, 4) is 16.9 Å². The van der Waals surface area contributed by atoms with Crippen LogP contribution in [0.3, 0.4) is 0 Å². The molecule has 1 aliphatic heterocycles. The molecule has 1 fully saturated rings. The van der Waals surface area contributed by atoms with Crippen molar-refractivity contribution in [2.75, 3.05) is 39.1 Å². The van der Waals surface area contributed by atoms with Gasteiger partial charge in [0.1, 0.15) is 11.6 Å². The van der Waals surface area contributed by atoms with E-state index in [1.54, 1.807) is 19.2 Å². The summed E-state index contributed by atoms with van der Waals surface area (Å²) in [6.45, 7) is 11.4. The Morgan fingerprint density at radius 1 is 1.14 bits per heavy atom. The van der Waals surface area contributed by atoms with Crippen LogP contribution in [0.25, 0.3) is 22.2 Å². The second kappa shape index (κ2) is 13.3. The highest BCUT2D eigenvalue weighted by Crippen LogP contribution is 2.35. The number of anilines is 1. The van der Waals surface area contributed by atoms with Crippen LogP contribution in [0.4, 0.5) is 5.82 Å². The maximum atomic E-state index is 13.8. The standard InChI is InChI=1S/C33H40N6O3.CH4/c1-7-38-13-9-23(10-14-38)21(3)31-22(4)26(32(40)36-19-27-29(42-6)16-20(2)37-33(27)41)18-28-25(11-15-39(28)31)24-8-12-35-30(17-24)34-5;/h8,11-12,15-18H,7,9-10,13-14,19H2,1-6H3,(H,34,35)(H,36,40)(H,37,41);1H4. The smallest absolute Gasteiger partial charge is 0.256 e. The summed E-state index contributed by atoms with van der Waals surface area (Å²) in [4.78, 5) is 36.2. The van der Waals surface area contributed by atoms with Gasteiger partial charge in [0.25, 0.3) is 11.5 Å². The van der Waals surface area contributed by atoms with Crippen molar-refractivity contribution < 1.29 is 9.53 Å². The Balaban J connectivity index is 0.00000423. The second-order valence-electron chi connectivity index (χ2n) is 10.9. The number of fused-ring (bicyclic) bond motifs is 1. The molecule has 9 nitrogen and oxygen atoms in total. The van der Waals surface area contributed by atoms with Gasteiger partial charge in [-0.05, 0) is 87.2 Å². The van der Waals surface area contributed by atoms with Gasteiger partial charge in [0.05, 0.1) is 30.4 Å². The lowest BCUT2D eigenvalue weighted by molar-refractivity contribution is 0.0950. The highest BCUT2D eigenvalue weighted by molar-refractivity contribution is 6.00. The predicted octanol–water partition coefficient (Wildman–Crippen LogP) is 5.81. The summed E-state index contributed by atoms with van der Waals surface area (Å²) in [6, 6.07) is 9.81.